The topological polar surface area (TPSA) is 62.1 Å². The minimum absolute atomic E-state index is 0.221. The second-order valence-corrected chi connectivity index (χ2v) is 8.43. The van der Waals surface area contributed by atoms with Crippen LogP contribution < -0.4 is 4.74 Å². The molecule has 2 aromatic heterocycles. The fourth-order valence-electron chi connectivity index (χ4n) is 3.12. The van der Waals surface area contributed by atoms with Gasteiger partial charge in [0.1, 0.15) is 5.75 Å². The van der Waals surface area contributed by atoms with E-state index in [2.05, 4.69) is 25.1 Å². The number of aryl methyl sites for hydroxylation is 1. The van der Waals surface area contributed by atoms with Crippen LogP contribution in [0.2, 0.25) is 0 Å². The van der Waals surface area contributed by atoms with Crippen molar-refractivity contribution in [1.82, 2.24) is 19.7 Å². The van der Waals surface area contributed by atoms with Gasteiger partial charge in [0, 0.05) is 23.3 Å². The Labute approximate surface area is 166 Å². The van der Waals surface area contributed by atoms with Crippen molar-refractivity contribution in [2.24, 2.45) is 0 Å². The molecule has 1 aliphatic rings. The summed E-state index contributed by atoms with van der Waals surface area (Å²) in [4.78, 5) is 4.54. The van der Waals surface area contributed by atoms with Crippen molar-refractivity contribution < 1.29 is 9.47 Å². The van der Waals surface area contributed by atoms with E-state index in [-0.39, 0.29) is 6.10 Å². The highest BCUT2D eigenvalue weighted by molar-refractivity contribution is 7.98. The standard InChI is InChI=1S/C19H22N4O2S2/c1-13-20-15(11-26-13)12-27-19-22-21-18(14-5-7-16(24-2)8-6-14)23(19)10-17-4-3-9-25-17/h5-8,11,17H,3-4,9-10,12H2,1-2H3/t17-/m1/s1. The Hall–Kier alpha value is -1.90. The molecule has 0 spiro atoms. The number of nitrogens with zero attached hydrogens (tertiary/aromatic N) is 4. The maximum Gasteiger partial charge on any atom is 0.191 e. The molecule has 3 heterocycles. The Bertz CT molecular complexity index is 886. The summed E-state index contributed by atoms with van der Waals surface area (Å²) in [5.74, 6) is 2.49. The van der Waals surface area contributed by atoms with Crippen LogP contribution in [0.25, 0.3) is 11.4 Å². The van der Waals surface area contributed by atoms with E-state index in [9.17, 15) is 0 Å². The lowest BCUT2D eigenvalue weighted by Crippen LogP contribution is -2.16. The minimum atomic E-state index is 0.221. The van der Waals surface area contributed by atoms with Crippen LogP contribution in [0.3, 0.4) is 0 Å². The van der Waals surface area contributed by atoms with Crippen LogP contribution in [-0.4, -0.2) is 39.6 Å². The lowest BCUT2D eigenvalue weighted by molar-refractivity contribution is 0.0953. The molecular formula is C19H22N4O2S2. The van der Waals surface area contributed by atoms with Crippen LogP contribution in [0.5, 0.6) is 5.75 Å². The molecule has 1 atom stereocenters. The predicted molar refractivity (Wildman–Crippen MR) is 107 cm³/mol. The summed E-state index contributed by atoms with van der Waals surface area (Å²) in [5, 5.41) is 13.0. The second kappa shape index (κ2) is 8.41. The first-order chi connectivity index (χ1) is 13.2. The molecule has 6 nitrogen and oxygen atoms in total. The molecule has 1 aromatic carbocycles. The summed E-state index contributed by atoms with van der Waals surface area (Å²) in [6.07, 6.45) is 2.42. The van der Waals surface area contributed by atoms with Crippen LogP contribution in [0.15, 0.2) is 34.8 Å². The summed E-state index contributed by atoms with van der Waals surface area (Å²) >= 11 is 3.35. The van der Waals surface area contributed by atoms with Crippen LogP contribution >= 0.6 is 23.1 Å². The molecule has 4 rings (SSSR count). The summed E-state index contributed by atoms with van der Waals surface area (Å²) in [7, 11) is 1.67. The van der Waals surface area contributed by atoms with Crippen molar-refractivity contribution >= 4 is 23.1 Å². The van der Waals surface area contributed by atoms with Gasteiger partial charge in [-0.2, -0.15) is 0 Å². The van der Waals surface area contributed by atoms with Crippen molar-refractivity contribution in [3.05, 3.63) is 40.3 Å². The molecule has 1 saturated heterocycles. The lowest BCUT2D eigenvalue weighted by Gasteiger charge is -2.14. The van der Waals surface area contributed by atoms with E-state index in [1.54, 1.807) is 30.2 Å². The summed E-state index contributed by atoms with van der Waals surface area (Å²) in [6.45, 7) is 3.64. The Morgan fingerprint density at radius 1 is 1.30 bits per heavy atom. The molecule has 142 valence electrons. The number of aromatic nitrogens is 4. The summed E-state index contributed by atoms with van der Waals surface area (Å²) in [6, 6.07) is 7.94. The Morgan fingerprint density at radius 2 is 2.15 bits per heavy atom. The molecule has 0 N–H and O–H groups in total. The van der Waals surface area contributed by atoms with Crippen LogP contribution in [-0.2, 0) is 17.0 Å². The highest BCUT2D eigenvalue weighted by Gasteiger charge is 2.22. The molecule has 8 heteroatoms. The van der Waals surface area contributed by atoms with E-state index >= 15 is 0 Å². The van der Waals surface area contributed by atoms with Crippen molar-refractivity contribution in [2.75, 3.05) is 13.7 Å². The lowest BCUT2D eigenvalue weighted by atomic mass is 10.2. The highest BCUT2D eigenvalue weighted by atomic mass is 32.2. The SMILES string of the molecule is COc1ccc(-c2nnc(SCc3csc(C)n3)n2C[C@H]2CCCO2)cc1. The van der Waals surface area contributed by atoms with Crippen molar-refractivity contribution in [2.45, 2.75) is 43.3 Å². The Balaban J connectivity index is 1.60. The largest absolute Gasteiger partial charge is 0.497 e. The first-order valence-electron chi connectivity index (χ1n) is 8.96. The molecule has 0 saturated carbocycles. The molecule has 0 aliphatic carbocycles. The van der Waals surface area contributed by atoms with Gasteiger partial charge < -0.3 is 9.47 Å². The third-order valence-corrected chi connectivity index (χ3v) is 6.31. The van der Waals surface area contributed by atoms with E-state index < -0.39 is 0 Å². The fourth-order valence-corrected chi connectivity index (χ4v) is 4.68. The molecule has 1 fully saturated rings. The second-order valence-electron chi connectivity index (χ2n) is 6.43. The van der Waals surface area contributed by atoms with Gasteiger partial charge in [-0.25, -0.2) is 4.98 Å². The monoisotopic (exact) mass is 402 g/mol. The normalized spacial score (nSPS) is 16.7. The van der Waals surface area contributed by atoms with Gasteiger partial charge in [0.2, 0.25) is 0 Å². The minimum Gasteiger partial charge on any atom is -0.497 e. The molecule has 3 aromatic rings. The maximum atomic E-state index is 5.86. The van der Waals surface area contributed by atoms with Crippen LogP contribution in [0.4, 0.5) is 0 Å². The number of hydrogen-bond donors (Lipinski definition) is 0. The van der Waals surface area contributed by atoms with Crippen molar-refractivity contribution in [1.29, 1.82) is 0 Å². The van der Waals surface area contributed by atoms with Crippen LogP contribution in [0, 0.1) is 6.92 Å². The third-order valence-electron chi connectivity index (χ3n) is 4.49. The molecule has 1 aliphatic heterocycles. The van der Waals surface area contributed by atoms with Crippen molar-refractivity contribution in [3.63, 3.8) is 0 Å². The van der Waals surface area contributed by atoms with Gasteiger partial charge in [-0.1, -0.05) is 11.8 Å². The molecule has 0 unspecified atom stereocenters. The van der Waals surface area contributed by atoms with Gasteiger partial charge in [-0.15, -0.1) is 21.5 Å². The predicted octanol–water partition coefficient (Wildman–Crippen LogP) is 4.19. The molecule has 0 amide bonds. The summed E-state index contributed by atoms with van der Waals surface area (Å²) in [5.41, 5.74) is 2.11. The van der Waals surface area contributed by atoms with E-state index in [1.165, 1.54) is 0 Å². The first kappa shape index (κ1) is 18.5. The fraction of sp³-hybridized carbons (Fsp3) is 0.421. The first-order valence-corrected chi connectivity index (χ1v) is 10.8. The summed E-state index contributed by atoms with van der Waals surface area (Å²) < 4.78 is 13.3. The average molecular weight is 403 g/mol. The number of thioether (sulfide) groups is 1. The zero-order chi connectivity index (χ0) is 18.6. The number of hydrogen-bond acceptors (Lipinski definition) is 7. The quantitative estimate of drug-likeness (QED) is 0.552. The zero-order valence-corrected chi connectivity index (χ0v) is 17.1. The molecule has 27 heavy (non-hydrogen) atoms. The highest BCUT2D eigenvalue weighted by Crippen LogP contribution is 2.29. The van der Waals surface area contributed by atoms with Gasteiger partial charge in [0.05, 0.1) is 30.5 Å². The van der Waals surface area contributed by atoms with E-state index in [4.69, 9.17) is 9.47 Å². The molecular weight excluding hydrogens is 380 g/mol. The number of rotatable bonds is 7. The molecule has 0 radical (unpaired) electrons. The van der Waals surface area contributed by atoms with Gasteiger partial charge in [0.25, 0.3) is 0 Å². The average Bonchev–Trinajstić information content (AvgIpc) is 3.43. The zero-order valence-electron chi connectivity index (χ0n) is 15.4. The Morgan fingerprint density at radius 3 is 2.81 bits per heavy atom. The number of benzene rings is 1. The number of thiazole rings is 1. The van der Waals surface area contributed by atoms with Gasteiger partial charge in [-0.05, 0) is 44.0 Å². The molecule has 0 bridgehead atoms. The van der Waals surface area contributed by atoms with E-state index in [1.807, 2.05) is 31.2 Å². The van der Waals surface area contributed by atoms with Crippen molar-refractivity contribution in [3.8, 4) is 17.1 Å². The van der Waals surface area contributed by atoms with E-state index in [0.29, 0.717) is 0 Å². The maximum absolute atomic E-state index is 5.86. The van der Waals surface area contributed by atoms with Gasteiger partial charge >= 0.3 is 0 Å². The number of ether oxygens (including phenoxy) is 2. The number of methoxy groups -OCH3 is 1. The van der Waals surface area contributed by atoms with Gasteiger partial charge in [0.15, 0.2) is 11.0 Å². The smallest absolute Gasteiger partial charge is 0.191 e. The Kier molecular flexibility index (Phi) is 5.75. The van der Waals surface area contributed by atoms with Gasteiger partial charge in [-0.3, -0.25) is 4.57 Å². The third kappa shape index (κ3) is 4.34. The van der Waals surface area contributed by atoms with E-state index in [0.717, 1.165) is 64.7 Å². The van der Waals surface area contributed by atoms with Crippen LogP contribution in [0.1, 0.15) is 23.5 Å².